The lowest BCUT2D eigenvalue weighted by Crippen LogP contribution is -2.19. The molecule has 2 aromatic heterocycles. The Kier molecular flexibility index (Phi) is 4.22. The highest BCUT2D eigenvalue weighted by Gasteiger charge is 2.16. The maximum Gasteiger partial charge on any atom is 0.148 e. The van der Waals surface area contributed by atoms with E-state index in [1.807, 2.05) is 30.5 Å². The van der Waals surface area contributed by atoms with Crippen molar-refractivity contribution in [1.82, 2.24) is 20.5 Å². The first kappa shape index (κ1) is 14.1. The van der Waals surface area contributed by atoms with Crippen LogP contribution in [0.1, 0.15) is 31.3 Å². The van der Waals surface area contributed by atoms with Gasteiger partial charge < -0.3 is 5.32 Å². The van der Waals surface area contributed by atoms with E-state index >= 15 is 0 Å². The van der Waals surface area contributed by atoms with Crippen molar-refractivity contribution in [3.63, 3.8) is 0 Å². The Bertz CT molecular complexity index is 732. The van der Waals surface area contributed by atoms with Crippen molar-refractivity contribution in [2.24, 2.45) is 0 Å². The second kappa shape index (κ2) is 6.28. The molecule has 5 heteroatoms. The highest BCUT2D eigenvalue weighted by molar-refractivity contribution is 7.14. The van der Waals surface area contributed by atoms with Crippen molar-refractivity contribution in [3.8, 4) is 10.6 Å². The summed E-state index contributed by atoms with van der Waals surface area (Å²) in [6, 6.07) is 10.4. The van der Waals surface area contributed by atoms with E-state index in [4.69, 9.17) is 0 Å². The van der Waals surface area contributed by atoms with Crippen LogP contribution in [0.2, 0.25) is 0 Å². The average Bonchev–Trinajstić information content (AvgIpc) is 3.01. The molecule has 0 aliphatic carbocycles. The minimum atomic E-state index is 0.286. The van der Waals surface area contributed by atoms with E-state index in [9.17, 15) is 0 Å². The van der Waals surface area contributed by atoms with Gasteiger partial charge in [-0.15, -0.1) is 10.2 Å². The molecule has 0 spiro atoms. The number of nitrogens with one attached hydrogen (secondary N) is 1. The lowest BCUT2D eigenvalue weighted by Gasteiger charge is -2.11. The van der Waals surface area contributed by atoms with E-state index < -0.39 is 0 Å². The number of fused-ring (bicyclic) bond motifs is 1. The number of rotatable bonds is 5. The van der Waals surface area contributed by atoms with E-state index in [2.05, 4.69) is 40.4 Å². The normalized spacial score (nSPS) is 12.7. The van der Waals surface area contributed by atoms with Crippen molar-refractivity contribution < 1.29 is 0 Å². The molecule has 1 aromatic carbocycles. The van der Waals surface area contributed by atoms with Crippen LogP contribution in [0.25, 0.3) is 21.5 Å². The number of hydrogen-bond acceptors (Lipinski definition) is 5. The number of para-hydroxylation sites is 1. The topological polar surface area (TPSA) is 50.7 Å². The summed E-state index contributed by atoms with van der Waals surface area (Å²) in [6.07, 6.45) is 2.85. The second-order valence-corrected chi connectivity index (χ2v) is 5.85. The monoisotopic (exact) mass is 298 g/mol. The molecule has 4 nitrogen and oxygen atoms in total. The van der Waals surface area contributed by atoms with Crippen LogP contribution in [0.5, 0.6) is 0 Å². The molecule has 2 heterocycles. The third-order valence-corrected chi connectivity index (χ3v) is 4.55. The molecule has 0 fully saturated rings. The molecule has 0 saturated carbocycles. The Morgan fingerprint density at radius 2 is 2.00 bits per heavy atom. The van der Waals surface area contributed by atoms with E-state index in [1.165, 1.54) is 0 Å². The Balaban J connectivity index is 2.02. The van der Waals surface area contributed by atoms with Gasteiger partial charge in [0.2, 0.25) is 0 Å². The summed E-state index contributed by atoms with van der Waals surface area (Å²) in [5.74, 6) is 0. The SMILES string of the molecule is CCNC(CC)c1nnc(-c2ccnc3ccccc23)s1. The molecule has 1 N–H and O–H groups in total. The quantitative estimate of drug-likeness (QED) is 0.778. The number of benzene rings is 1. The Hall–Kier alpha value is -1.85. The molecule has 0 amide bonds. The Labute approximate surface area is 128 Å². The van der Waals surface area contributed by atoms with Crippen LogP contribution in [0, 0.1) is 0 Å². The first-order valence-electron chi connectivity index (χ1n) is 7.24. The maximum atomic E-state index is 4.40. The van der Waals surface area contributed by atoms with Crippen molar-refractivity contribution in [2.45, 2.75) is 26.3 Å². The van der Waals surface area contributed by atoms with Crippen LogP contribution in [0.15, 0.2) is 36.5 Å². The number of pyridine rings is 1. The Morgan fingerprint density at radius 1 is 1.14 bits per heavy atom. The van der Waals surface area contributed by atoms with Crippen LogP contribution in [-0.2, 0) is 0 Å². The minimum Gasteiger partial charge on any atom is -0.308 e. The van der Waals surface area contributed by atoms with Crippen molar-refractivity contribution in [2.75, 3.05) is 6.54 Å². The smallest absolute Gasteiger partial charge is 0.148 e. The van der Waals surface area contributed by atoms with Crippen LogP contribution in [0.3, 0.4) is 0 Å². The van der Waals surface area contributed by atoms with Gasteiger partial charge in [0.05, 0.1) is 11.6 Å². The first-order chi connectivity index (χ1) is 10.3. The highest BCUT2D eigenvalue weighted by Crippen LogP contribution is 2.32. The minimum absolute atomic E-state index is 0.286. The summed E-state index contributed by atoms with van der Waals surface area (Å²) in [4.78, 5) is 4.40. The molecule has 21 heavy (non-hydrogen) atoms. The third-order valence-electron chi connectivity index (χ3n) is 3.48. The van der Waals surface area contributed by atoms with Crippen molar-refractivity contribution in [1.29, 1.82) is 0 Å². The van der Waals surface area contributed by atoms with Gasteiger partial charge >= 0.3 is 0 Å². The molecule has 0 radical (unpaired) electrons. The summed E-state index contributed by atoms with van der Waals surface area (Å²) < 4.78 is 0. The fraction of sp³-hybridized carbons (Fsp3) is 0.312. The van der Waals surface area contributed by atoms with Gasteiger partial charge in [0, 0.05) is 17.1 Å². The van der Waals surface area contributed by atoms with Crippen LogP contribution in [-0.4, -0.2) is 21.7 Å². The fourth-order valence-electron chi connectivity index (χ4n) is 2.42. The van der Waals surface area contributed by atoms with E-state index in [1.54, 1.807) is 11.3 Å². The second-order valence-electron chi connectivity index (χ2n) is 4.84. The highest BCUT2D eigenvalue weighted by atomic mass is 32.1. The predicted molar refractivity (Wildman–Crippen MR) is 87.4 cm³/mol. The maximum absolute atomic E-state index is 4.40. The molecule has 1 unspecified atom stereocenters. The molecular formula is C16H18N4S. The van der Waals surface area contributed by atoms with Crippen LogP contribution < -0.4 is 5.32 Å². The molecular weight excluding hydrogens is 280 g/mol. The molecule has 3 aromatic rings. The van der Waals surface area contributed by atoms with Gasteiger partial charge in [-0.2, -0.15) is 0 Å². The molecule has 1 atom stereocenters. The van der Waals surface area contributed by atoms with Gasteiger partial charge in [-0.3, -0.25) is 4.98 Å². The third kappa shape index (κ3) is 2.80. The van der Waals surface area contributed by atoms with Gasteiger partial charge in [-0.05, 0) is 25.1 Å². The van der Waals surface area contributed by atoms with Crippen LogP contribution in [0.4, 0.5) is 0 Å². The van der Waals surface area contributed by atoms with Gasteiger partial charge in [0.1, 0.15) is 10.0 Å². The number of nitrogens with zero attached hydrogens (tertiary/aromatic N) is 3. The van der Waals surface area contributed by atoms with Crippen molar-refractivity contribution in [3.05, 3.63) is 41.5 Å². The zero-order chi connectivity index (χ0) is 14.7. The Morgan fingerprint density at radius 3 is 2.81 bits per heavy atom. The van der Waals surface area contributed by atoms with Gasteiger partial charge in [0.25, 0.3) is 0 Å². The lowest BCUT2D eigenvalue weighted by molar-refractivity contribution is 0.531. The van der Waals surface area contributed by atoms with E-state index in [-0.39, 0.29) is 6.04 Å². The standard InChI is InChI=1S/C16H18N4S/c1-3-13(17-4-2)16-20-19-15(21-16)12-9-10-18-14-8-6-5-7-11(12)14/h5-10,13,17H,3-4H2,1-2H3. The molecule has 0 aliphatic rings. The summed E-state index contributed by atoms with van der Waals surface area (Å²) in [5.41, 5.74) is 2.10. The number of aromatic nitrogens is 3. The zero-order valence-corrected chi connectivity index (χ0v) is 13.0. The lowest BCUT2D eigenvalue weighted by atomic mass is 10.1. The number of hydrogen-bond donors (Lipinski definition) is 1. The van der Waals surface area contributed by atoms with Crippen molar-refractivity contribution >= 4 is 22.2 Å². The van der Waals surface area contributed by atoms with E-state index in [0.717, 1.165) is 39.4 Å². The molecule has 108 valence electrons. The van der Waals surface area contributed by atoms with Crippen LogP contribution >= 0.6 is 11.3 Å². The first-order valence-corrected chi connectivity index (χ1v) is 8.06. The fourth-order valence-corrected chi connectivity index (χ4v) is 3.46. The molecule has 0 aliphatic heterocycles. The van der Waals surface area contributed by atoms with E-state index in [0.29, 0.717) is 0 Å². The molecule has 0 saturated heterocycles. The van der Waals surface area contributed by atoms with Gasteiger partial charge in [0.15, 0.2) is 0 Å². The van der Waals surface area contributed by atoms with Gasteiger partial charge in [-0.1, -0.05) is 43.4 Å². The van der Waals surface area contributed by atoms with Gasteiger partial charge in [-0.25, -0.2) is 0 Å². The average molecular weight is 298 g/mol. The predicted octanol–water partition coefficient (Wildman–Crippen LogP) is 3.81. The zero-order valence-electron chi connectivity index (χ0n) is 12.2. The molecule has 0 bridgehead atoms. The largest absolute Gasteiger partial charge is 0.308 e. The summed E-state index contributed by atoms with van der Waals surface area (Å²) in [6.45, 7) is 5.21. The molecule has 3 rings (SSSR count). The summed E-state index contributed by atoms with van der Waals surface area (Å²) in [7, 11) is 0. The summed E-state index contributed by atoms with van der Waals surface area (Å²) in [5, 5.41) is 15.3. The summed E-state index contributed by atoms with van der Waals surface area (Å²) >= 11 is 1.66.